The van der Waals surface area contributed by atoms with Crippen LogP contribution in [-0.2, 0) is 11.2 Å². The molecule has 2 rings (SSSR count). The van der Waals surface area contributed by atoms with E-state index >= 15 is 0 Å². The molecule has 1 amide bonds. The smallest absolute Gasteiger partial charge is 0.239 e. The van der Waals surface area contributed by atoms with Gasteiger partial charge in [0.2, 0.25) is 5.91 Å². The predicted molar refractivity (Wildman–Crippen MR) is 80.8 cm³/mol. The summed E-state index contributed by atoms with van der Waals surface area (Å²) in [5.74, 6) is -0.0759. The number of nitrogens with two attached hydrogens (primary N) is 1. The first-order valence-corrected chi connectivity index (χ1v) is 7.42. The summed E-state index contributed by atoms with van der Waals surface area (Å²) in [6.45, 7) is 4.19. The fourth-order valence-corrected chi connectivity index (χ4v) is 2.62. The second-order valence-electron chi connectivity index (χ2n) is 6.21. The summed E-state index contributed by atoms with van der Waals surface area (Å²) >= 11 is 3.49. The van der Waals surface area contributed by atoms with Crippen molar-refractivity contribution in [3.05, 3.63) is 34.3 Å². The van der Waals surface area contributed by atoms with Crippen molar-refractivity contribution in [2.45, 2.75) is 38.6 Å². The Balaban J connectivity index is 1.92. The Hall–Kier alpha value is -0.870. The van der Waals surface area contributed by atoms with Gasteiger partial charge in [0.25, 0.3) is 0 Å². The summed E-state index contributed by atoms with van der Waals surface area (Å²) in [4.78, 5) is 11.8. The molecule has 1 aliphatic carbocycles. The molecule has 0 atom stereocenters. The quantitative estimate of drug-likeness (QED) is 0.874. The monoisotopic (exact) mass is 324 g/mol. The average Bonchev–Trinajstić information content (AvgIpc) is 3.05. The number of hydrogen-bond donors (Lipinski definition) is 2. The van der Waals surface area contributed by atoms with Gasteiger partial charge in [0.15, 0.2) is 0 Å². The minimum Gasteiger partial charge on any atom is -0.354 e. The Bertz CT molecular complexity index is 475. The van der Waals surface area contributed by atoms with Gasteiger partial charge in [0.1, 0.15) is 0 Å². The molecule has 3 nitrogen and oxygen atoms in total. The predicted octanol–water partition coefficient (Wildman–Crippen LogP) is 2.63. The number of benzene rings is 1. The largest absolute Gasteiger partial charge is 0.354 e. The zero-order chi connectivity index (χ0) is 14.1. The first-order valence-electron chi connectivity index (χ1n) is 6.62. The molecule has 0 radical (unpaired) electrons. The number of nitrogens with one attached hydrogen (secondary N) is 1. The molecule has 1 fully saturated rings. The van der Waals surface area contributed by atoms with Crippen LogP contribution >= 0.6 is 15.9 Å². The second-order valence-corrected chi connectivity index (χ2v) is 7.13. The van der Waals surface area contributed by atoms with Crippen molar-refractivity contribution >= 4 is 21.8 Å². The van der Waals surface area contributed by atoms with Crippen molar-refractivity contribution in [3.8, 4) is 0 Å². The van der Waals surface area contributed by atoms with Crippen LogP contribution in [0, 0.1) is 5.41 Å². The summed E-state index contributed by atoms with van der Waals surface area (Å²) in [5, 5.41) is 2.98. The van der Waals surface area contributed by atoms with Crippen molar-refractivity contribution < 1.29 is 4.79 Å². The average molecular weight is 325 g/mol. The fraction of sp³-hybridized carbons (Fsp3) is 0.533. The second kappa shape index (κ2) is 5.25. The molecule has 0 spiro atoms. The highest BCUT2D eigenvalue weighted by molar-refractivity contribution is 9.10. The molecule has 0 unspecified atom stereocenters. The molecule has 0 heterocycles. The molecule has 0 aliphatic heterocycles. The number of hydrogen-bond acceptors (Lipinski definition) is 2. The van der Waals surface area contributed by atoms with E-state index in [1.165, 1.54) is 18.4 Å². The lowest BCUT2D eigenvalue weighted by Crippen LogP contribution is -2.50. The van der Waals surface area contributed by atoms with E-state index in [1.807, 2.05) is 6.07 Å². The fourth-order valence-electron chi connectivity index (χ4n) is 2.17. The maximum absolute atomic E-state index is 11.8. The van der Waals surface area contributed by atoms with Crippen LogP contribution in [0.2, 0.25) is 0 Å². The minimum atomic E-state index is -0.800. The van der Waals surface area contributed by atoms with E-state index in [0.717, 1.165) is 17.4 Å². The van der Waals surface area contributed by atoms with Gasteiger partial charge in [-0.05, 0) is 56.2 Å². The highest BCUT2D eigenvalue weighted by atomic mass is 79.9. The van der Waals surface area contributed by atoms with Gasteiger partial charge in [0, 0.05) is 11.0 Å². The van der Waals surface area contributed by atoms with Crippen LogP contribution in [0.3, 0.4) is 0 Å². The third-order valence-corrected chi connectivity index (χ3v) is 4.13. The van der Waals surface area contributed by atoms with Gasteiger partial charge in [-0.15, -0.1) is 0 Å². The van der Waals surface area contributed by atoms with E-state index in [2.05, 4.69) is 39.4 Å². The molecule has 0 aromatic heterocycles. The third kappa shape index (κ3) is 4.05. The number of carbonyl (C=O) groups excluding carboxylic acids is 1. The molecule has 0 bridgehead atoms. The topological polar surface area (TPSA) is 55.1 Å². The first kappa shape index (κ1) is 14.5. The van der Waals surface area contributed by atoms with Crippen molar-refractivity contribution in [3.63, 3.8) is 0 Å². The van der Waals surface area contributed by atoms with E-state index in [9.17, 15) is 4.79 Å². The summed E-state index contributed by atoms with van der Waals surface area (Å²) < 4.78 is 1.10. The molecule has 1 saturated carbocycles. The summed E-state index contributed by atoms with van der Waals surface area (Å²) in [5.41, 5.74) is 6.53. The van der Waals surface area contributed by atoms with Gasteiger partial charge in [-0.2, -0.15) is 0 Å². The number of amides is 1. The maximum atomic E-state index is 11.8. The minimum absolute atomic E-state index is 0.0759. The Labute approximate surface area is 123 Å². The summed E-state index contributed by atoms with van der Waals surface area (Å²) in [7, 11) is 0. The summed E-state index contributed by atoms with van der Waals surface area (Å²) in [6, 6.07) is 8.37. The Morgan fingerprint density at radius 3 is 2.68 bits per heavy atom. The Morgan fingerprint density at radius 1 is 1.47 bits per heavy atom. The molecule has 3 N–H and O–H groups in total. The number of carbonyl (C=O) groups is 1. The first-order chi connectivity index (χ1) is 8.81. The third-order valence-electron chi connectivity index (χ3n) is 3.63. The van der Waals surface area contributed by atoms with Crippen molar-refractivity contribution in [1.82, 2.24) is 5.32 Å². The van der Waals surface area contributed by atoms with Gasteiger partial charge >= 0.3 is 0 Å². The van der Waals surface area contributed by atoms with Crippen LogP contribution in [-0.4, -0.2) is 18.0 Å². The van der Waals surface area contributed by atoms with E-state index in [0.29, 0.717) is 0 Å². The molecule has 4 heteroatoms. The number of rotatable bonds is 5. The van der Waals surface area contributed by atoms with Crippen molar-refractivity contribution in [2.75, 3.05) is 6.54 Å². The van der Waals surface area contributed by atoms with Crippen LogP contribution in [0.15, 0.2) is 28.7 Å². The van der Waals surface area contributed by atoms with E-state index in [-0.39, 0.29) is 11.3 Å². The van der Waals surface area contributed by atoms with E-state index in [1.54, 1.807) is 13.8 Å². The molecule has 1 aliphatic rings. The lowest BCUT2D eigenvalue weighted by atomic mass is 9.96. The molecule has 1 aromatic rings. The van der Waals surface area contributed by atoms with Gasteiger partial charge in [-0.3, -0.25) is 4.79 Å². The molecule has 104 valence electrons. The zero-order valence-corrected chi connectivity index (χ0v) is 13.1. The molecular formula is C15H21BrN2O. The van der Waals surface area contributed by atoms with Gasteiger partial charge in [-0.1, -0.05) is 28.1 Å². The highest BCUT2D eigenvalue weighted by Gasteiger charge is 2.43. The molecule has 19 heavy (non-hydrogen) atoms. The van der Waals surface area contributed by atoms with Crippen LogP contribution < -0.4 is 11.1 Å². The Kier molecular flexibility index (Phi) is 4.02. The van der Waals surface area contributed by atoms with Crippen molar-refractivity contribution in [1.29, 1.82) is 0 Å². The zero-order valence-electron chi connectivity index (χ0n) is 11.5. The molecular weight excluding hydrogens is 304 g/mol. The van der Waals surface area contributed by atoms with Gasteiger partial charge in [0.05, 0.1) is 5.54 Å². The lowest BCUT2D eigenvalue weighted by molar-refractivity contribution is -0.125. The van der Waals surface area contributed by atoms with E-state index < -0.39 is 5.54 Å². The SMILES string of the molecule is CC(C)(N)C(=O)NCC1(Cc2cccc(Br)c2)CC1. The number of halogens is 1. The molecule has 1 aromatic carbocycles. The normalized spacial score (nSPS) is 17.1. The lowest BCUT2D eigenvalue weighted by Gasteiger charge is -2.21. The van der Waals surface area contributed by atoms with Crippen LogP contribution in [0.1, 0.15) is 32.3 Å². The maximum Gasteiger partial charge on any atom is 0.239 e. The van der Waals surface area contributed by atoms with Crippen molar-refractivity contribution in [2.24, 2.45) is 11.1 Å². The van der Waals surface area contributed by atoms with Crippen LogP contribution in [0.4, 0.5) is 0 Å². The van der Waals surface area contributed by atoms with Crippen LogP contribution in [0.5, 0.6) is 0 Å². The van der Waals surface area contributed by atoms with Gasteiger partial charge < -0.3 is 11.1 Å². The molecule has 0 saturated heterocycles. The Morgan fingerprint density at radius 2 is 2.16 bits per heavy atom. The summed E-state index contributed by atoms with van der Waals surface area (Å²) in [6.07, 6.45) is 3.35. The highest BCUT2D eigenvalue weighted by Crippen LogP contribution is 2.48. The standard InChI is InChI=1S/C15H21BrN2O/c1-14(2,17)13(19)18-10-15(6-7-15)9-11-4-3-5-12(16)8-11/h3-5,8H,6-7,9-10,17H2,1-2H3,(H,18,19). The van der Waals surface area contributed by atoms with Crippen LogP contribution in [0.25, 0.3) is 0 Å². The van der Waals surface area contributed by atoms with E-state index in [4.69, 9.17) is 5.73 Å². The van der Waals surface area contributed by atoms with Gasteiger partial charge in [-0.25, -0.2) is 0 Å².